The Morgan fingerprint density at radius 2 is 2.57 bits per heavy atom. The standard InChI is InChI=1S/C5H5NO/c6-4-5-2-1-3-7-5/h1-4,6H. The van der Waals surface area contributed by atoms with Gasteiger partial charge in [-0.3, -0.25) is 0 Å². The Morgan fingerprint density at radius 3 is 2.86 bits per heavy atom. The monoisotopic (exact) mass is 95.0 g/mol. The van der Waals surface area contributed by atoms with E-state index >= 15 is 0 Å². The number of furan rings is 1. The molecular weight excluding hydrogens is 90.1 g/mol. The van der Waals surface area contributed by atoms with Crippen LogP contribution in [-0.4, -0.2) is 0 Å². The summed E-state index contributed by atoms with van der Waals surface area (Å²) < 4.78 is 4.74. The third-order valence-electron chi connectivity index (χ3n) is 0.685. The molecule has 1 rings (SSSR count). The minimum Gasteiger partial charge on any atom is -0.468 e. The second-order valence-electron chi connectivity index (χ2n) is 1.16. The predicted octanol–water partition coefficient (Wildman–Crippen LogP) is 1.07. The lowest BCUT2D eigenvalue weighted by atomic mass is 10.5. The highest BCUT2D eigenvalue weighted by molar-refractivity contribution is 5.05. The van der Waals surface area contributed by atoms with Gasteiger partial charge in [-0.1, -0.05) is 0 Å². The Balaban J connectivity index is 2.76. The van der Waals surface area contributed by atoms with Gasteiger partial charge < -0.3 is 4.42 Å². The van der Waals surface area contributed by atoms with Crippen LogP contribution < -0.4 is 5.73 Å². The van der Waals surface area contributed by atoms with Crippen LogP contribution in [-0.2, 0) is 0 Å². The SMILES string of the molecule is [NH][CH]c1ccco1. The fraction of sp³-hybridized carbons (Fsp3) is 0. The first-order valence-electron chi connectivity index (χ1n) is 1.97. The van der Waals surface area contributed by atoms with E-state index in [-0.39, 0.29) is 0 Å². The van der Waals surface area contributed by atoms with Crippen molar-refractivity contribution >= 4 is 0 Å². The number of rotatable bonds is 1. The summed E-state index contributed by atoms with van der Waals surface area (Å²) >= 11 is 0. The molecule has 0 aliphatic heterocycles. The molecule has 2 heteroatoms. The molecule has 1 heterocycles. The zero-order valence-corrected chi connectivity index (χ0v) is 3.72. The topological polar surface area (TPSA) is 36.9 Å². The van der Waals surface area contributed by atoms with Crippen LogP contribution in [0.2, 0.25) is 0 Å². The lowest BCUT2D eigenvalue weighted by Gasteiger charge is -1.78. The van der Waals surface area contributed by atoms with E-state index in [4.69, 9.17) is 10.2 Å². The van der Waals surface area contributed by atoms with Gasteiger partial charge >= 0.3 is 0 Å². The molecule has 0 aliphatic rings. The highest BCUT2D eigenvalue weighted by Crippen LogP contribution is 1.98. The summed E-state index contributed by atoms with van der Waals surface area (Å²) in [7, 11) is 0. The number of hydrogen-bond acceptors (Lipinski definition) is 1. The summed E-state index contributed by atoms with van der Waals surface area (Å²) in [4.78, 5) is 0. The fourth-order valence-electron chi connectivity index (χ4n) is 0.373. The van der Waals surface area contributed by atoms with E-state index in [9.17, 15) is 0 Å². The predicted molar refractivity (Wildman–Crippen MR) is 25.2 cm³/mol. The number of nitrogens with one attached hydrogen (secondary N) is 1. The van der Waals surface area contributed by atoms with Gasteiger partial charge in [0.2, 0.25) is 0 Å². The van der Waals surface area contributed by atoms with Crippen LogP contribution in [0, 0.1) is 6.54 Å². The first-order valence-corrected chi connectivity index (χ1v) is 1.97. The van der Waals surface area contributed by atoms with Crippen LogP contribution >= 0.6 is 0 Å². The van der Waals surface area contributed by atoms with Crippen molar-refractivity contribution in [2.24, 2.45) is 0 Å². The van der Waals surface area contributed by atoms with Crippen molar-refractivity contribution in [1.82, 2.24) is 5.73 Å². The first kappa shape index (κ1) is 4.40. The molecule has 0 spiro atoms. The van der Waals surface area contributed by atoms with E-state index in [1.165, 1.54) is 6.54 Å². The normalized spacial score (nSPS) is 9.29. The Labute approximate surface area is 41.9 Å². The molecular formula is C5H5NO. The van der Waals surface area contributed by atoms with Crippen molar-refractivity contribution < 1.29 is 4.42 Å². The summed E-state index contributed by atoms with van der Waals surface area (Å²) in [5.41, 5.74) is 6.64. The molecule has 0 aromatic carbocycles. The van der Waals surface area contributed by atoms with Gasteiger partial charge in [0.15, 0.2) is 0 Å². The van der Waals surface area contributed by atoms with Crippen molar-refractivity contribution in [2.75, 3.05) is 0 Å². The van der Waals surface area contributed by atoms with Gasteiger partial charge in [0.05, 0.1) is 6.26 Å². The quantitative estimate of drug-likeness (QED) is 0.514. The van der Waals surface area contributed by atoms with Crippen molar-refractivity contribution in [3.8, 4) is 0 Å². The molecule has 0 atom stereocenters. The lowest BCUT2D eigenvalue weighted by Crippen LogP contribution is -1.71. The Hall–Kier alpha value is -0.760. The van der Waals surface area contributed by atoms with E-state index in [2.05, 4.69) is 0 Å². The van der Waals surface area contributed by atoms with Gasteiger partial charge in [-0.15, -0.1) is 0 Å². The molecule has 1 N–H and O–H groups in total. The van der Waals surface area contributed by atoms with E-state index in [1.807, 2.05) is 0 Å². The zero-order valence-electron chi connectivity index (χ0n) is 3.72. The molecule has 0 saturated carbocycles. The van der Waals surface area contributed by atoms with Gasteiger partial charge in [-0.05, 0) is 12.1 Å². The maximum absolute atomic E-state index is 6.64. The van der Waals surface area contributed by atoms with Crippen LogP contribution in [0.4, 0.5) is 0 Å². The molecule has 1 aromatic rings. The molecule has 1 aromatic heterocycles. The van der Waals surface area contributed by atoms with Crippen LogP contribution in [0.15, 0.2) is 22.8 Å². The first-order chi connectivity index (χ1) is 3.43. The van der Waals surface area contributed by atoms with E-state index in [0.717, 1.165) is 0 Å². The van der Waals surface area contributed by atoms with Crippen LogP contribution in [0.1, 0.15) is 5.76 Å². The molecule has 0 bridgehead atoms. The van der Waals surface area contributed by atoms with Crippen LogP contribution in [0.5, 0.6) is 0 Å². The average Bonchev–Trinajstić information content (AvgIpc) is 2.14. The largest absolute Gasteiger partial charge is 0.468 e. The molecule has 0 unspecified atom stereocenters. The third-order valence-corrected chi connectivity index (χ3v) is 0.685. The molecule has 0 amide bonds. The van der Waals surface area contributed by atoms with Crippen molar-refractivity contribution in [1.29, 1.82) is 0 Å². The highest BCUT2D eigenvalue weighted by atomic mass is 16.3. The molecule has 0 aliphatic carbocycles. The number of hydrogen-bond donors (Lipinski definition) is 0. The van der Waals surface area contributed by atoms with Crippen molar-refractivity contribution in [2.45, 2.75) is 0 Å². The highest BCUT2D eigenvalue weighted by Gasteiger charge is 1.86. The maximum Gasteiger partial charge on any atom is 0.124 e. The molecule has 2 radical (unpaired) electrons. The summed E-state index contributed by atoms with van der Waals surface area (Å²) in [6, 6.07) is 3.48. The molecule has 36 valence electrons. The van der Waals surface area contributed by atoms with Gasteiger partial charge in [-0.25, -0.2) is 5.73 Å². The van der Waals surface area contributed by atoms with E-state index in [0.29, 0.717) is 5.76 Å². The average molecular weight is 95.1 g/mol. The molecule has 7 heavy (non-hydrogen) atoms. The van der Waals surface area contributed by atoms with Crippen LogP contribution in [0.25, 0.3) is 0 Å². The minimum atomic E-state index is 0.597. The van der Waals surface area contributed by atoms with Gasteiger partial charge in [0, 0.05) is 0 Å². The Kier molecular flexibility index (Phi) is 1.13. The molecule has 0 saturated heterocycles. The lowest BCUT2D eigenvalue weighted by molar-refractivity contribution is 0.538. The second-order valence-corrected chi connectivity index (χ2v) is 1.16. The molecule has 0 fully saturated rings. The summed E-state index contributed by atoms with van der Waals surface area (Å²) in [5.74, 6) is 0.597. The zero-order chi connectivity index (χ0) is 5.11. The van der Waals surface area contributed by atoms with Gasteiger partial charge in [0.25, 0.3) is 0 Å². The van der Waals surface area contributed by atoms with E-state index in [1.54, 1.807) is 18.4 Å². The van der Waals surface area contributed by atoms with Gasteiger partial charge in [-0.2, -0.15) is 0 Å². The Bertz CT molecular complexity index is 123. The summed E-state index contributed by atoms with van der Waals surface area (Å²) in [6.07, 6.45) is 1.54. The third kappa shape index (κ3) is 0.810. The smallest absolute Gasteiger partial charge is 0.124 e. The fourth-order valence-corrected chi connectivity index (χ4v) is 0.373. The minimum absolute atomic E-state index is 0.597. The summed E-state index contributed by atoms with van der Waals surface area (Å²) in [6.45, 7) is 1.17. The van der Waals surface area contributed by atoms with Crippen LogP contribution in [0.3, 0.4) is 0 Å². The van der Waals surface area contributed by atoms with E-state index < -0.39 is 0 Å². The second kappa shape index (κ2) is 1.80. The Morgan fingerprint density at radius 1 is 1.71 bits per heavy atom. The van der Waals surface area contributed by atoms with Crippen molar-refractivity contribution in [3.05, 3.63) is 30.7 Å². The molecule has 2 nitrogen and oxygen atoms in total. The van der Waals surface area contributed by atoms with Gasteiger partial charge in [0.1, 0.15) is 12.3 Å². The summed E-state index contributed by atoms with van der Waals surface area (Å²) in [5, 5.41) is 0. The van der Waals surface area contributed by atoms with Crippen molar-refractivity contribution in [3.63, 3.8) is 0 Å². The maximum atomic E-state index is 6.64.